The number of hydrogen-bond acceptors (Lipinski definition) is 6. The van der Waals surface area contributed by atoms with Crippen LogP contribution in [-0.4, -0.2) is 48.1 Å². The van der Waals surface area contributed by atoms with E-state index in [2.05, 4.69) is 32.1 Å². The molecule has 1 aliphatic carbocycles. The van der Waals surface area contributed by atoms with Crippen molar-refractivity contribution in [2.24, 2.45) is 0 Å². The van der Waals surface area contributed by atoms with Crippen molar-refractivity contribution < 1.29 is 13.5 Å². The molecule has 8 heteroatoms. The summed E-state index contributed by atoms with van der Waals surface area (Å²) in [4.78, 5) is 12.5. The predicted molar refractivity (Wildman–Crippen MR) is 125 cm³/mol. The highest BCUT2D eigenvalue weighted by Gasteiger charge is 2.21. The Morgan fingerprint density at radius 1 is 0.939 bits per heavy atom. The van der Waals surface area contributed by atoms with Gasteiger partial charge in [0.15, 0.2) is 17.4 Å². The molecule has 1 N–H and O–H groups in total. The molecule has 2 aromatic carbocycles. The molecule has 6 nitrogen and oxygen atoms in total. The lowest BCUT2D eigenvalue weighted by atomic mass is 10.1. The van der Waals surface area contributed by atoms with Gasteiger partial charge in [0.1, 0.15) is 6.33 Å². The first-order valence-corrected chi connectivity index (χ1v) is 11.0. The Bertz CT molecular complexity index is 1200. The Balaban J connectivity index is 1.32. The van der Waals surface area contributed by atoms with Crippen LogP contribution in [0.3, 0.4) is 0 Å². The number of nitrogens with one attached hydrogen (secondary N) is 1. The van der Waals surface area contributed by atoms with E-state index in [4.69, 9.17) is 4.74 Å². The Kier molecular flexibility index (Phi) is 5.68. The highest BCUT2D eigenvalue weighted by Crippen LogP contribution is 2.35. The molecular formula is C25H25F2N5O. The van der Waals surface area contributed by atoms with Gasteiger partial charge in [0.05, 0.1) is 0 Å². The number of anilines is 3. The van der Waals surface area contributed by atoms with Crippen molar-refractivity contribution in [1.82, 2.24) is 14.9 Å². The smallest absolute Gasteiger partial charge is 0.261 e. The van der Waals surface area contributed by atoms with Crippen LogP contribution >= 0.6 is 0 Å². The lowest BCUT2D eigenvalue weighted by Crippen LogP contribution is -2.44. The zero-order valence-corrected chi connectivity index (χ0v) is 18.6. The monoisotopic (exact) mass is 449 g/mol. The van der Waals surface area contributed by atoms with E-state index in [1.54, 1.807) is 12.1 Å². The molecule has 0 atom stereocenters. The molecule has 33 heavy (non-hydrogen) atoms. The lowest BCUT2D eigenvalue weighted by molar-refractivity contribution is 0.313. The lowest BCUT2D eigenvalue weighted by Gasteiger charge is -2.34. The number of benzene rings is 2. The third-order valence-electron chi connectivity index (χ3n) is 6.06. The minimum absolute atomic E-state index is 0.0374. The van der Waals surface area contributed by atoms with Gasteiger partial charge in [-0.2, -0.15) is 9.37 Å². The molecule has 2 heterocycles. The maximum atomic E-state index is 15.1. The Hall–Kier alpha value is -3.52. The summed E-state index contributed by atoms with van der Waals surface area (Å²) in [5, 5.41) is 2.96. The number of allylic oxidation sites excluding steroid dienone is 1. The van der Waals surface area contributed by atoms with Gasteiger partial charge < -0.3 is 19.9 Å². The highest BCUT2D eigenvalue weighted by molar-refractivity contribution is 5.66. The van der Waals surface area contributed by atoms with Gasteiger partial charge in [-0.1, -0.05) is 17.7 Å². The summed E-state index contributed by atoms with van der Waals surface area (Å²) in [5.41, 5.74) is 4.25. The van der Waals surface area contributed by atoms with Crippen LogP contribution < -0.4 is 15.0 Å². The van der Waals surface area contributed by atoms with Crippen LogP contribution in [-0.2, 0) is 6.42 Å². The van der Waals surface area contributed by atoms with Crippen LogP contribution in [0.2, 0.25) is 0 Å². The number of ether oxygens (including phenoxy) is 1. The summed E-state index contributed by atoms with van der Waals surface area (Å²) in [5.74, 6) is -1.74. The molecule has 0 bridgehead atoms. The number of likely N-dealkylation sites (N-methyl/N-ethyl adjacent to an activating group) is 1. The molecule has 1 aliphatic heterocycles. The molecule has 1 aromatic heterocycles. The minimum Gasteiger partial charge on any atom is -0.433 e. The van der Waals surface area contributed by atoms with Crippen LogP contribution in [0, 0.1) is 11.6 Å². The average molecular weight is 450 g/mol. The molecule has 0 unspecified atom stereocenters. The molecule has 0 radical (unpaired) electrons. The first-order valence-electron chi connectivity index (χ1n) is 11.0. The van der Waals surface area contributed by atoms with Crippen molar-refractivity contribution in [2.45, 2.75) is 13.3 Å². The standard InChI is InChI=1S/C25H25F2N5O/c1-16-13-17-3-8-21(22(26)20(17)14-16)33-25-23(27)24(28-15-29-25)30-18-4-6-19(7-5-18)32-11-9-31(2)10-12-32/h3-8,14-15H,9-13H2,1-2H3,(H,28,29,30). The van der Waals surface area contributed by atoms with Gasteiger partial charge in [0.25, 0.3) is 5.88 Å². The van der Waals surface area contributed by atoms with Crippen LogP contribution in [0.5, 0.6) is 11.6 Å². The van der Waals surface area contributed by atoms with Crippen LogP contribution in [0.15, 0.2) is 48.3 Å². The quantitative estimate of drug-likeness (QED) is 0.592. The topological polar surface area (TPSA) is 53.5 Å². The number of nitrogens with zero attached hydrogens (tertiary/aromatic N) is 4. The van der Waals surface area contributed by atoms with E-state index in [1.807, 2.05) is 31.2 Å². The molecular weight excluding hydrogens is 424 g/mol. The van der Waals surface area contributed by atoms with E-state index in [9.17, 15) is 4.39 Å². The van der Waals surface area contributed by atoms with Gasteiger partial charge in [0, 0.05) is 43.1 Å². The number of fused-ring (bicyclic) bond motifs is 1. The van der Waals surface area contributed by atoms with Crippen LogP contribution in [0.1, 0.15) is 18.1 Å². The molecule has 0 saturated carbocycles. The summed E-state index contributed by atoms with van der Waals surface area (Å²) in [6, 6.07) is 11.1. The molecule has 3 aromatic rings. The number of halogens is 2. The molecule has 0 spiro atoms. The van der Waals surface area contributed by atoms with E-state index >= 15 is 4.39 Å². The number of piperazine rings is 1. The van der Waals surface area contributed by atoms with Crippen LogP contribution in [0.4, 0.5) is 26.0 Å². The van der Waals surface area contributed by atoms with Crippen molar-refractivity contribution in [2.75, 3.05) is 43.4 Å². The van der Waals surface area contributed by atoms with Crippen molar-refractivity contribution in [1.29, 1.82) is 0 Å². The maximum Gasteiger partial charge on any atom is 0.261 e. The fraction of sp³-hybridized carbons (Fsp3) is 0.280. The van der Waals surface area contributed by atoms with Gasteiger partial charge in [-0.3, -0.25) is 0 Å². The summed E-state index contributed by atoms with van der Waals surface area (Å²) in [6.07, 6.45) is 3.68. The Labute approximate surface area is 191 Å². The van der Waals surface area contributed by atoms with Crippen molar-refractivity contribution in [3.63, 3.8) is 0 Å². The van der Waals surface area contributed by atoms with Gasteiger partial charge in [-0.05, 0) is 56.3 Å². The third kappa shape index (κ3) is 4.39. The molecule has 5 rings (SSSR count). The molecule has 170 valence electrons. The van der Waals surface area contributed by atoms with E-state index in [-0.39, 0.29) is 17.4 Å². The van der Waals surface area contributed by atoms with Gasteiger partial charge in [0.2, 0.25) is 5.82 Å². The summed E-state index contributed by atoms with van der Waals surface area (Å²) >= 11 is 0. The molecule has 1 fully saturated rings. The molecule has 2 aliphatic rings. The second-order valence-electron chi connectivity index (χ2n) is 8.52. The van der Waals surface area contributed by atoms with E-state index in [0.717, 1.165) is 43.0 Å². The third-order valence-corrected chi connectivity index (χ3v) is 6.06. The Morgan fingerprint density at radius 2 is 1.70 bits per heavy atom. The zero-order valence-electron chi connectivity index (χ0n) is 18.6. The predicted octanol–water partition coefficient (Wildman–Crippen LogP) is 5.00. The van der Waals surface area contributed by atoms with Crippen molar-refractivity contribution in [3.8, 4) is 11.6 Å². The van der Waals surface area contributed by atoms with Gasteiger partial charge >= 0.3 is 0 Å². The van der Waals surface area contributed by atoms with Gasteiger partial charge in [-0.25, -0.2) is 9.37 Å². The van der Waals surface area contributed by atoms with Crippen molar-refractivity contribution in [3.05, 3.63) is 71.1 Å². The molecule has 1 saturated heterocycles. The normalized spacial score (nSPS) is 15.9. The number of rotatable bonds is 5. The summed E-state index contributed by atoms with van der Waals surface area (Å²) < 4.78 is 35.4. The van der Waals surface area contributed by atoms with Crippen LogP contribution in [0.25, 0.3) is 6.08 Å². The maximum absolute atomic E-state index is 15.1. The fourth-order valence-electron chi connectivity index (χ4n) is 4.17. The fourth-order valence-corrected chi connectivity index (χ4v) is 4.17. The van der Waals surface area contributed by atoms with E-state index < -0.39 is 11.6 Å². The second-order valence-corrected chi connectivity index (χ2v) is 8.52. The van der Waals surface area contributed by atoms with Crippen molar-refractivity contribution >= 4 is 23.3 Å². The largest absolute Gasteiger partial charge is 0.433 e. The zero-order chi connectivity index (χ0) is 22.9. The summed E-state index contributed by atoms with van der Waals surface area (Å²) in [6.45, 7) is 5.93. The Morgan fingerprint density at radius 3 is 2.45 bits per heavy atom. The van der Waals surface area contributed by atoms with E-state index in [0.29, 0.717) is 17.7 Å². The highest BCUT2D eigenvalue weighted by atomic mass is 19.1. The second kappa shape index (κ2) is 8.78. The summed E-state index contributed by atoms with van der Waals surface area (Å²) in [7, 11) is 2.12. The first kappa shape index (κ1) is 21.3. The number of aromatic nitrogens is 2. The minimum atomic E-state index is -0.785. The molecule has 0 amide bonds. The number of hydrogen-bond donors (Lipinski definition) is 1. The van der Waals surface area contributed by atoms with E-state index in [1.165, 1.54) is 12.4 Å². The van der Waals surface area contributed by atoms with Gasteiger partial charge in [-0.15, -0.1) is 0 Å². The SMILES string of the molecule is CC1=Cc2c(ccc(Oc3ncnc(Nc4ccc(N5CCN(C)CC5)cc4)c3F)c2F)C1. The first-order chi connectivity index (χ1) is 16.0. The average Bonchev–Trinajstić information content (AvgIpc) is 3.20.